The largest absolute Gasteiger partial charge is 0.394 e. The Hall–Kier alpha value is -0.910. The van der Waals surface area contributed by atoms with Crippen LogP contribution >= 0.6 is 0 Å². The lowest BCUT2D eigenvalue weighted by Gasteiger charge is -2.21. The van der Waals surface area contributed by atoms with E-state index in [0.717, 1.165) is 32.1 Å². The quantitative estimate of drug-likeness (QED) is 0.0449. The Morgan fingerprint density at radius 3 is 1.31 bits per heavy atom. The van der Waals surface area contributed by atoms with E-state index in [1.807, 2.05) is 6.08 Å². The Kier molecular flexibility index (Phi) is 32.3. The summed E-state index contributed by atoms with van der Waals surface area (Å²) < 4.78 is 0. The number of hydrogen-bond donors (Lipinski definition) is 4. The first kappa shape index (κ1) is 41.1. The molecule has 0 saturated carbocycles. The van der Waals surface area contributed by atoms with Crippen molar-refractivity contribution >= 4 is 5.91 Å². The normalized spacial score (nSPS) is 13.9. The highest BCUT2D eigenvalue weighted by Gasteiger charge is 2.22. The highest BCUT2D eigenvalue weighted by molar-refractivity contribution is 5.80. The molecule has 0 rings (SSSR count). The van der Waals surface area contributed by atoms with Crippen LogP contribution in [-0.2, 0) is 4.79 Å². The fourth-order valence-electron chi connectivity index (χ4n) is 5.65. The van der Waals surface area contributed by atoms with Crippen molar-refractivity contribution in [2.75, 3.05) is 6.61 Å². The van der Waals surface area contributed by atoms with Crippen LogP contribution in [0.25, 0.3) is 0 Å². The number of carbonyl (C=O) groups excluding carboxylic acids is 1. The van der Waals surface area contributed by atoms with Gasteiger partial charge in [0.1, 0.15) is 6.10 Å². The van der Waals surface area contributed by atoms with Gasteiger partial charge in [-0.3, -0.25) is 4.79 Å². The number of amides is 1. The van der Waals surface area contributed by atoms with E-state index in [1.54, 1.807) is 6.08 Å². The maximum Gasteiger partial charge on any atom is 0.249 e. The van der Waals surface area contributed by atoms with Gasteiger partial charge in [0.05, 0.1) is 18.8 Å². The average molecular weight is 596 g/mol. The standard InChI is InChI=1S/C37H73NO4/c1-3-5-7-9-11-13-15-17-18-19-20-22-24-26-28-30-32-36(41)37(42)38-34(33-39)35(40)31-29-27-25-23-21-16-14-12-10-8-6-4-2/h29,31,34-36,39-41H,3-28,30,32-33H2,1-2H3,(H,38,42)/b31-29+. The number of hydrogen-bond acceptors (Lipinski definition) is 4. The zero-order valence-corrected chi connectivity index (χ0v) is 28.1. The lowest BCUT2D eigenvalue weighted by atomic mass is 10.0. The summed E-state index contributed by atoms with van der Waals surface area (Å²) in [5.41, 5.74) is 0. The van der Waals surface area contributed by atoms with E-state index in [1.165, 1.54) is 141 Å². The number of unbranched alkanes of at least 4 members (excludes halogenated alkanes) is 25. The second-order valence-electron chi connectivity index (χ2n) is 12.8. The summed E-state index contributed by atoms with van der Waals surface area (Å²) in [6, 6.07) is -0.790. The Morgan fingerprint density at radius 1 is 0.571 bits per heavy atom. The molecule has 0 aliphatic heterocycles. The minimum Gasteiger partial charge on any atom is -0.394 e. The third-order valence-corrected chi connectivity index (χ3v) is 8.63. The molecule has 0 heterocycles. The van der Waals surface area contributed by atoms with E-state index in [-0.39, 0.29) is 6.61 Å². The summed E-state index contributed by atoms with van der Waals surface area (Å²) in [5, 5.41) is 32.9. The van der Waals surface area contributed by atoms with Crippen LogP contribution in [0.1, 0.15) is 194 Å². The van der Waals surface area contributed by atoms with Crippen LogP contribution in [-0.4, -0.2) is 46.1 Å². The van der Waals surface area contributed by atoms with Gasteiger partial charge in [-0.15, -0.1) is 0 Å². The minimum atomic E-state index is -1.09. The third-order valence-electron chi connectivity index (χ3n) is 8.63. The van der Waals surface area contributed by atoms with E-state index in [2.05, 4.69) is 19.2 Å². The molecule has 0 spiro atoms. The molecular weight excluding hydrogens is 522 g/mol. The van der Waals surface area contributed by atoms with Crippen molar-refractivity contribution in [3.05, 3.63) is 12.2 Å². The van der Waals surface area contributed by atoms with E-state index >= 15 is 0 Å². The van der Waals surface area contributed by atoms with Gasteiger partial charge in [0.15, 0.2) is 0 Å². The number of nitrogens with one attached hydrogen (secondary N) is 1. The second kappa shape index (κ2) is 33.0. The highest BCUT2D eigenvalue weighted by Crippen LogP contribution is 2.15. The van der Waals surface area contributed by atoms with Gasteiger partial charge in [-0.1, -0.05) is 187 Å². The van der Waals surface area contributed by atoms with Gasteiger partial charge in [-0.2, -0.15) is 0 Å². The molecule has 0 saturated heterocycles. The molecule has 250 valence electrons. The molecule has 0 aliphatic carbocycles. The van der Waals surface area contributed by atoms with Crippen LogP contribution < -0.4 is 5.32 Å². The van der Waals surface area contributed by atoms with Crippen molar-refractivity contribution in [3.8, 4) is 0 Å². The first-order valence-electron chi connectivity index (χ1n) is 18.5. The van der Waals surface area contributed by atoms with Crippen LogP contribution in [0.4, 0.5) is 0 Å². The summed E-state index contributed by atoms with van der Waals surface area (Å²) in [6.45, 7) is 4.16. The van der Waals surface area contributed by atoms with Gasteiger partial charge < -0.3 is 20.6 Å². The maximum atomic E-state index is 12.4. The molecule has 0 radical (unpaired) electrons. The molecular formula is C37H73NO4. The molecule has 3 atom stereocenters. The van der Waals surface area contributed by atoms with Crippen molar-refractivity contribution in [1.82, 2.24) is 5.32 Å². The number of allylic oxidation sites excluding steroid dienone is 1. The second-order valence-corrected chi connectivity index (χ2v) is 12.8. The smallest absolute Gasteiger partial charge is 0.249 e. The van der Waals surface area contributed by atoms with Crippen LogP contribution in [0, 0.1) is 0 Å². The molecule has 0 aromatic heterocycles. The van der Waals surface area contributed by atoms with Crippen molar-refractivity contribution < 1.29 is 20.1 Å². The van der Waals surface area contributed by atoms with Gasteiger partial charge >= 0.3 is 0 Å². The molecule has 0 bridgehead atoms. The van der Waals surface area contributed by atoms with Crippen LogP contribution in [0.15, 0.2) is 12.2 Å². The van der Waals surface area contributed by atoms with Crippen LogP contribution in [0.5, 0.6) is 0 Å². The highest BCUT2D eigenvalue weighted by atomic mass is 16.3. The predicted octanol–water partition coefficient (Wildman–Crippen LogP) is 9.70. The monoisotopic (exact) mass is 596 g/mol. The fraction of sp³-hybridized carbons (Fsp3) is 0.919. The molecule has 0 aromatic carbocycles. The molecule has 0 aromatic rings. The topological polar surface area (TPSA) is 89.8 Å². The van der Waals surface area contributed by atoms with E-state index in [0.29, 0.717) is 6.42 Å². The van der Waals surface area contributed by atoms with Crippen molar-refractivity contribution in [2.24, 2.45) is 0 Å². The SMILES string of the molecule is CCCCCCCCCCCC/C=C/C(O)C(CO)NC(=O)C(O)CCCCCCCCCCCCCCCCCC. The molecule has 1 amide bonds. The van der Waals surface area contributed by atoms with Crippen molar-refractivity contribution in [2.45, 2.75) is 212 Å². The molecule has 5 heteroatoms. The molecule has 3 unspecified atom stereocenters. The number of aliphatic hydroxyl groups excluding tert-OH is 3. The lowest BCUT2D eigenvalue weighted by Crippen LogP contribution is -2.48. The van der Waals surface area contributed by atoms with E-state index < -0.39 is 24.2 Å². The Balaban J connectivity index is 3.71. The summed E-state index contributed by atoms with van der Waals surface area (Å²) in [4.78, 5) is 12.4. The summed E-state index contributed by atoms with van der Waals surface area (Å²) >= 11 is 0. The molecule has 4 N–H and O–H groups in total. The van der Waals surface area contributed by atoms with Crippen LogP contribution in [0.2, 0.25) is 0 Å². The summed E-state index contributed by atoms with van der Waals surface area (Å²) in [5.74, 6) is -0.503. The summed E-state index contributed by atoms with van der Waals surface area (Å²) in [6.07, 6.45) is 36.5. The third kappa shape index (κ3) is 27.9. The van der Waals surface area contributed by atoms with E-state index in [4.69, 9.17) is 0 Å². The van der Waals surface area contributed by atoms with Crippen LogP contribution in [0.3, 0.4) is 0 Å². The first-order valence-corrected chi connectivity index (χ1v) is 18.5. The van der Waals surface area contributed by atoms with Gasteiger partial charge in [0.2, 0.25) is 5.91 Å². The number of rotatable bonds is 33. The maximum absolute atomic E-state index is 12.4. The molecule has 5 nitrogen and oxygen atoms in total. The van der Waals surface area contributed by atoms with Gasteiger partial charge in [-0.25, -0.2) is 0 Å². The predicted molar refractivity (Wildman–Crippen MR) is 181 cm³/mol. The van der Waals surface area contributed by atoms with Gasteiger partial charge in [-0.05, 0) is 19.3 Å². The first-order chi connectivity index (χ1) is 20.6. The lowest BCUT2D eigenvalue weighted by molar-refractivity contribution is -0.131. The zero-order chi connectivity index (χ0) is 30.9. The van der Waals surface area contributed by atoms with Gasteiger partial charge in [0.25, 0.3) is 0 Å². The van der Waals surface area contributed by atoms with Gasteiger partial charge in [0, 0.05) is 0 Å². The zero-order valence-electron chi connectivity index (χ0n) is 28.1. The summed E-state index contributed by atoms with van der Waals surface area (Å²) in [7, 11) is 0. The molecule has 0 aliphatic rings. The number of aliphatic hydroxyl groups is 3. The molecule has 0 fully saturated rings. The average Bonchev–Trinajstić information content (AvgIpc) is 2.99. The molecule has 42 heavy (non-hydrogen) atoms. The van der Waals surface area contributed by atoms with Crippen molar-refractivity contribution in [3.63, 3.8) is 0 Å². The van der Waals surface area contributed by atoms with E-state index in [9.17, 15) is 20.1 Å². The number of carbonyl (C=O) groups is 1. The minimum absolute atomic E-state index is 0.360. The Bertz CT molecular complexity index is 582. The Morgan fingerprint density at radius 2 is 0.929 bits per heavy atom. The fourth-order valence-corrected chi connectivity index (χ4v) is 5.65. The Labute approximate surface area is 261 Å². The van der Waals surface area contributed by atoms with Crippen molar-refractivity contribution in [1.29, 1.82) is 0 Å².